The highest BCUT2D eigenvalue weighted by Gasteiger charge is 2.15. The largest absolute Gasteiger partial charge is 0.322 e. The summed E-state index contributed by atoms with van der Waals surface area (Å²) in [5.41, 5.74) is 8.27. The van der Waals surface area contributed by atoms with Crippen LogP contribution in [0.5, 0.6) is 0 Å². The lowest BCUT2D eigenvalue weighted by Gasteiger charge is -2.12. The Labute approximate surface area is 106 Å². The van der Waals surface area contributed by atoms with Gasteiger partial charge in [-0.1, -0.05) is 0 Å². The molecule has 0 aliphatic rings. The van der Waals surface area contributed by atoms with Crippen molar-refractivity contribution >= 4 is 0 Å². The summed E-state index contributed by atoms with van der Waals surface area (Å²) in [5.74, 6) is -0.357. The van der Waals surface area contributed by atoms with E-state index in [0.29, 0.717) is 12.1 Å². The lowest BCUT2D eigenvalue weighted by Crippen LogP contribution is -2.18. The van der Waals surface area contributed by atoms with Gasteiger partial charge >= 0.3 is 0 Å². The lowest BCUT2D eigenvalue weighted by molar-refractivity contribution is 0.542. The zero-order valence-electron chi connectivity index (χ0n) is 10.6. The van der Waals surface area contributed by atoms with Gasteiger partial charge in [0.2, 0.25) is 0 Å². The second-order valence-electron chi connectivity index (χ2n) is 4.27. The molecule has 1 atom stereocenters. The fourth-order valence-corrected chi connectivity index (χ4v) is 2.03. The summed E-state index contributed by atoms with van der Waals surface area (Å²) in [6.45, 7) is 4.73. The Hall–Kier alpha value is -1.75. The van der Waals surface area contributed by atoms with Gasteiger partial charge in [0.15, 0.2) is 0 Å². The molecular weight excluding hydrogens is 231 g/mol. The Morgan fingerprint density at radius 3 is 2.94 bits per heavy atom. The standard InChI is InChI=1S/C13H17FN4/c1-3-18-10(7-9(2)17-18)8-12(15)13-11(14)5-4-6-16-13/h4-7,12H,3,8,15H2,1-2H3. The number of halogens is 1. The first-order chi connectivity index (χ1) is 8.61. The maximum absolute atomic E-state index is 13.6. The number of rotatable bonds is 4. The molecule has 0 aromatic carbocycles. The van der Waals surface area contributed by atoms with E-state index in [1.54, 1.807) is 12.3 Å². The molecule has 18 heavy (non-hydrogen) atoms. The smallest absolute Gasteiger partial charge is 0.146 e. The number of nitrogens with zero attached hydrogens (tertiary/aromatic N) is 3. The summed E-state index contributed by atoms with van der Waals surface area (Å²) < 4.78 is 15.5. The third-order valence-electron chi connectivity index (χ3n) is 2.85. The van der Waals surface area contributed by atoms with E-state index in [0.717, 1.165) is 17.9 Å². The first-order valence-corrected chi connectivity index (χ1v) is 6.01. The van der Waals surface area contributed by atoms with Crippen molar-refractivity contribution in [2.24, 2.45) is 5.73 Å². The topological polar surface area (TPSA) is 56.7 Å². The van der Waals surface area contributed by atoms with E-state index in [2.05, 4.69) is 10.1 Å². The van der Waals surface area contributed by atoms with E-state index in [1.165, 1.54) is 6.07 Å². The summed E-state index contributed by atoms with van der Waals surface area (Å²) in [7, 11) is 0. The molecule has 4 nitrogen and oxygen atoms in total. The van der Waals surface area contributed by atoms with Gasteiger partial charge in [0.1, 0.15) is 5.82 Å². The van der Waals surface area contributed by atoms with Gasteiger partial charge in [0.05, 0.1) is 17.4 Å². The van der Waals surface area contributed by atoms with E-state index in [1.807, 2.05) is 24.6 Å². The van der Waals surface area contributed by atoms with E-state index >= 15 is 0 Å². The molecule has 0 saturated heterocycles. The van der Waals surface area contributed by atoms with Crippen LogP contribution < -0.4 is 5.73 Å². The van der Waals surface area contributed by atoms with Crippen LogP contribution in [0.3, 0.4) is 0 Å². The number of hydrogen-bond donors (Lipinski definition) is 1. The van der Waals surface area contributed by atoms with Crippen molar-refractivity contribution in [2.75, 3.05) is 0 Å². The molecule has 96 valence electrons. The van der Waals surface area contributed by atoms with Crippen LogP contribution in [0.15, 0.2) is 24.4 Å². The number of aryl methyl sites for hydroxylation is 2. The Morgan fingerprint density at radius 1 is 1.50 bits per heavy atom. The summed E-state index contributed by atoms with van der Waals surface area (Å²) in [6, 6.07) is 4.47. The zero-order valence-corrected chi connectivity index (χ0v) is 10.6. The van der Waals surface area contributed by atoms with Crippen LogP contribution in [0.25, 0.3) is 0 Å². The maximum Gasteiger partial charge on any atom is 0.146 e. The molecule has 2 aromatic rings. The SMILES string of the molecule is CCn1nc(C)cc1CC(N)c1ncccc1F. The van der Waals surface area contributed by atoms with Gasteiger partial charge in [0.25, 0.3) is 0 Å². The first kappa shape index (κ1) is 12.7. The first-order valence-electron chi connectivity index (χ1n) is 6.01. The van der Waals surface area contributed by atoms with Crippen LogP contribution in [0, 0.1) is 12.7 Å². The molecule has 0 spiro atoms. The molecule has 5 heteroatoms. The molecule has 0 amide bonds. The molecule has 2 rings (SSSR count). The molecule has 2 N–H and O–H groups in total. The number of hydrogen-bond acceptors (Lipinski definition) is 3. The Balaban J connectivity index is 2.21. The minimum absolute atomic E-state index is 0.305. The van der Waals surface area contributed by atoms with Crippen molar-refractivity contribution in [3.8, 4) is 0 Å². The van der Waals surface area contributed by atoms with Crippen molar-refractivity contribution < 1.29 is 4.39 Å². The molecule has 0 fully saturated rings. The minimum atomic E-state index is -0.451. The maximum atomic E-state index is 13.6. The zero-order chi connectivity index (χ0) is 13.1. The number of nitrogens with two attached hydrogens (primary N) is 1. The second-order valence-corrected chi connectivity index (χ2v) is 4.27. The predicted molar refractivity (Wildman–Crippen MR) is 67.5 cm³/mol. The van der Waals surface area contributed by atoms with Crippen LogP contribution in [0.1, 0.15) is 30.0 Å². The van der Waals surface area contributed by atoms with Crippen molar-refractivity contribution in [3.05, 3.63) is 47.3 Å². The molecule has 1 unspecified atom stereocenters. The fraction of sp³-hybridized carbons (Fsp3) is 0.385. The molecule has 2 aromatic heterocycles. The molecule has 2 heterocycles. The highest BCUT2D eigenvalue weighted by molar-refractivity contribution is 5.16. The number of pyridine rings is 1. The van der Waals surface area contributed by atoms with Crippen LogP contribution in [0.2, 0.25) is 0 Å². The molecule has 0 aliphatic carbocycles. The molecule has 0 saturated carbocycles. The third-order valence-corrected chi connectivity index (χ3v) is 2.85. The van der Waals surface area contributed by atoms with Crippen molar-refractivity contribution in [1.29, 1.82) is 0 Å². The lowest BCUT2D eigenvalue weighted by atomic mass is 10.1. The van der Waals surface area contributed by atoms with Crippen molar-refractivity contribution in [1.82, 2.24) is 14.8 Å². The molecule has 0 radical (unpaired) electrons. The van der Waals surface area contributed by atoms with Gasteiger partial charge in [-0.25, -0.2) is 4.39 Å². The fourth-order valence-electron chi connectivity index (χ4n) is 2.03. The summed E-state index contributed by atoms with van der Waals surface area (Å²) in [6.07, 6.45) is 2.09. The van der Waals surface area contributed by atoms with E-state index in [4.69, 9.17) is 5.73 Å². The molecular formula is C13H17FN4. The van der Waals surface area contributed by atoms with Crippen LogP contribution in [0.4, 0.5) is 4.39 Å². The minimum Gasteiger partial charge on any atom is -0.322 e. The monoisotopic (exact) mass is 248 g/mol. The van der Waals surface area contributed by atoms with Crippen LogP contribution >= 0.6 is 0 Å². The van der Waals surface area contributed by atoms with Crippen LogP contribution in [-0.2, 0) is 13.0 Å². The normalized spacial score (nSPS) is 12.7. The van der Waals surface area contributed by atoms with E-state index in [-0.39, 0.29) is 5.82 Å². The second kappa shape index (κ2) is 5.27. The van der Waals surface area contributed by atoms with E-state index < -0.39 is 6.04 Å². The summed E-state index contributed by atoms with van der Waals surface area (Å²) in [4.78, 5) is 4.01. The molecule has 0 aliphatic heterocycles. The number of aromatic nitrogens is 3. The highest BCUT2D eigenvalue weighted by atomic mass is 19.1. The quantitative estimate of drug-likeness (QED) is 0.900. The van der Waals surface area contributed by atoms with Gasteiger partial charge in [0, 0.05) is 24.9 Å². The van der Waals surface area contributed by atoms with Gasteiger partial charge in [-0.2, -0.15) is 5.10 Å². The van der Waals surface area contributed by atoms with Gasteiger partial charge < -0.3 is 5.73 Å². The van der Waals surface area contributed by atoms with Gasteiger partial charge in [-0.15, -0.1) is 0 Å². The average Bonchev–Trinajstić information content (AvgIpc) is 2.70. The van der Waals surface area contributed by atoms with Crippen molar-refractivity contribution in [3.63, 3.8) is 0 Å². The summed E-state index contributed by atoms with van der Waals surface area (Å²) >= 11 is 0. The predicted octanol–water partition coefficient (Wildman–Crippen LogP) is 1.99. The van der Waals surface area contributed by atoms with Gasteiger partial charge in [-0.05, 0) is 32.0 Å². The van der Waals surface area contributed by atoms with Gasteiger partial charge in [-0.3, -0.25) is 9.67 Å². The molecule has 0 bridgehead atoms. The van der Waals surface area contributed by atoms with Crippen LogP contribution in [-0.4, -0.2) is 14.8 Å². The summed E-state index contributed by atoms with van der Waals surface area (Å²) in [5, 5.41) is 4.35. The Bertz CT molecular complexity index is 536. The van der Waals surface area contributed by atoms with Crippen molar-refractivity contribution in [2.45, 2.75) is 32.9 Å². The van der Waals surface area contributed by atoms with E-state index in [9.17, 15) is 4.39 Å². The Morgan fingerprint density at radius 2 is 2.28 bits per heavy atom. The third kappa shape index (κ3) is 2.56. The highest BCUT2D eigenvalue weighted by Crippen LogP contribution is 2.17. The Kier molecular flexibility index (Phi) is 3.72. The average molecular weight is 248 g/mol.